The summed E-state index contributed by atoms with van der Waals surface area (Å²) in [5, 5.41) is 24.0. The van der Waals surface area contributed by atoms with Crippen LogP contribution in [0.25, 0.3) is 10.9 Å². The lowest BCUT2D eigenvalue weighted by Crippen LogP contribution is -2.52. The van der Waals surface area contributed by atoms with Gasteiger partial charge in [0.15, 0.2) is 0 Å². The molecule has 0 spiro atoms. The first-order valence-corrected chi connectivity index (χ1v) is 6.57. The molecular weight excluding hydrogens is 274 g/mol. The van der Waals surface area contributed by atoms with E-state index < -0.39 is 16.4 Å². The number of hydrogen-bond donors (Lipinski definition) is 2. The van der Waals surface area contributed by atoms with Gasteiger partial charge in [-0.1, -0.05) is 12.1 Å². The van der Waals surface area contributed by atoms with E-state index in [0.29, 0.717) is 23.9 Å². The number of nitro benzene ring substituents is 1. The third kappa shape index (κ3) is 2.06. The van der Waals surface area contributed by atoms with Crippen molar-refractivity contribution in [3.8, 4) is 0 Å². The Morgan fingerprint density at radius 3 is 2.71 bits per heavy atom. The highest BCUT2D eigenvalue weighted by atomic mass is 16.6. The Morgan fingerprint density at radius 2 is 2.14 bits per heavy atom. The molecule has 1 fully saturated rings. The number of aromatic nitrogens is 1. The maximum atomic E-state index is 11.4. The molecule has 1 aliphatic carbocycles. The molecule has 7 nitrogen and oxygen atoms in total. The zero-order valence-electron chi connectivity index (χ0n) is 11.1. The maximum absolute atomic E-state index is 11.4. The largest absolute Gasteiger partial charge is 0.480 e. The molecule has 2 aromatic rings. The average molecular weight is 287 g/mol. The van der Waals surface area contributed by atoms with E-state index in [1.54, 1.807) is 18.2 Å². The van der Waals surface area contributed by atoms with E-state index >= 15 is 0 Å². The first-order chi connectivity index (χ1) is 10.0. The van der Waals surface area contributed by atoms with Gasteiger partial charge in [-0.3, -0.25) is 10.1 Å². The van der Waals surface area contributed by atoms with E-state index in [1.807, 2.05) is 0 Å². The number of aliphatic carboxylic acids is 1. The molecule has 1 saturated carbocycles. The van der Waals surface area contributed by atoms with Gasteiger partial charge in [0.25, 0.3) is 5.69 Å². The van der Waals surface area contributed by atoms with Crippen LogP contribution in [-0.2, 0) is 4.79 Å². The number of nitrogens with zero attached hydrogens (tertiary/aromatic N) is 2. The van der Waals surface area contributed by atoms with Crippen LogP contribution in [0.15, 0.2) is 30.5 Å². The third-order valence-corrected chi connectivity index (χ3v) is 3.94. The monoisotopic (exact) mass is 287 g/mol. The fourth-order valence-electron chi connectivity index (χ4n) is 2.60. The molecule has 7 heteroatoms. The van der Waals surface area contributed by atoms with Gasteiger partial charge in [-0.25, -0.2) is 9.78 Å². The fraction of sp³-hybridized carbons (Fsp3) is 0.286. The molecule has 0 saturated heterocycles. The highest BCUT2D eigenvalue weighted by Gasteiger charge is 2.44. The van der Waals surface area contributed by atoms with E-state index in [2.05, 4.69) is 10.3 Å². The average Bonchev–Trinajstić information content (AvgIpc) is 2.41. The van der Waals surface area contributed by atoms with Crippen molar-refractivity contribution < 1.29 is 14.8 Å². The number of nitrogens with one attached hydrogen (secondary N) is 1. The normalized spacial score (nSPS) is 16.2. The Morgan fingerprint density at radius 1 is 1.38 bits per heavy atom. The van der Waals surface area contributed by atoms with Crippen molar-refractivity contribution in [1.29, 1.82) is 0 Å². The molecule has 3 rings (SSSR count). The molecule has 1 aromatic heterocycles. The molecule has 1 aromatic carbocycles. The summed E-state index contributed by atoms with van der Waals surface area (Å²) in [5.74, 6) is -0.899. The highest BCUT2D eigenvalue weighted by Crippen LogP contribution is 2.38. The first kappa shape index (κ1) is 13.3. The van der Waals surface area contributed by atoms with E-state index in [0.717, 1.165) is 6.42 Å². The van der Waals surface area contributed by atoms with E-state index in [-0.39, 0.29) is 11.2 Å². The van der Waals surface area contributed by atoms with Gasteiger partial charge in [0, 0.05) is 23.3 Å². The van der Waals surface area contributed by atoms with Crippen LogP contribution in [0, 0.1) is 10.1 Å². The molecule has 0 radical (unpaired) electrons. The predicted molar refractivity (Wildman–Crippen MR) is 76.2 cm³/mol. The lowest BCUT2D eigenvalue weighted by molar-refractivity contribution is -0.383. The number of benzene rings is 1. The van der Waals surface area contributed by atoms with Crippen LogP contribution in [-0.4, -0.2) is 26.5 Å². The fourth-order valence-corrected chi connectivity index (χ4v) is 2.60. The number of fused-ring (bicyclic) bond motifs is 1. The summed E-state index contributed by atoms with van der Waals surface area (Å²) in [6.45, 7) is 0. The first-order valence-electron chi connectivity index (χ1n) is 6.57. The summed E-state index contributed by atoms with van der Waals surface area (Å²) in [7, 11) is 0. The van der Waals surface area contributed by atoms with Crippen LogP contribution < -0.4 is 5.32 Å². The number of rotatable bonds is 4. The van der Waals surface area contributed by atoms with Crippen LogP contribution in [0.3, 0.4) is 0 Å². The third-order valence-electron chi connectivity index (χ3n) is 3.94. The lowest BCUT2D eigenvalue weighted by atomic mass is 9.76. The zero-order valence-corrected chi connectivity index (χ0v) is 11.1. The van der Waals surface area contributed by atoms with E-state index in [1.165, 1.54) is 12.3 Å². The second-order valence-corrected chi connectivity index (χ2v) is 5.15. The van der Waals surface area contributed by atoms with Crippen LogP contribution in [0.5, 0.6) is 0 Å². The van der Waals surface area contributed by atoms with Gasteiger partial charge >= 0.3 is 5.97 Å². The molecule has 0 atom stereocenters. The molecule has 1 heterocycles. The molecule has 2 N–H and O–H groups in total. The Labute approximate surface area is 119 Å². The number of non-ortho nitro benzene ring substituents is 1. The minimum Gasteiger partial charge on any atom is -0.480 e. The number of carbonyl (C=O) groups is 1. The van der Waals surface area contributed by atoms with Crippen molar-refractivity contribution in [3.05, 3.63) is 40.6 Å². The summed E-state index contributed by atoms with van der Waals surface area (Å²) in [6, 6.07) is 6.30. The summed E-state index contributed by atoms with van der Waals surface area (Å²) >= 11 is 0. The van der Waals surface area contributed by atoms with Crippen LogP contribution in [0.2, 0.25) is 0 Å². The zero-order chi connectivity index (χ0) is 15.0. The number of nitro groups is 1. The molecule has 1 aliphatic rings. The van der Waals surface area contributed by atoms with E-state index in [9.17, 15) is 20.0 Å². The Hall–Kier alpha value is -2.70. The standard InChI is InChI=1S/C14H13N3O4/c18-13(19)14(6-2-7-14)16-10-5-8-15-12-9(10)3-1-4-11(12)17(20)21/h1,3-5,8H,2,6-7H2,(H,15,16)(H,18,19). The van der Waals surface area contributed by atoms with E-state index in [4.69, 9.17) is 0 Å². The van der Waals surface area contributed by atoms with Crippen molar-refractivity contribution in [1.82, 2.24) is 4.98 Å². The molecule has 0 aliphatic heterocycles. The lowest BCUT2D eigenvalue weighted by Gasteiger charge is -2.39. The smallest absolute Gasteiger partial charge is 0.329 e. The number of para-hydroxylation sites is 1. The molecule has 108 valence electrons. The van der Waals surface area contributed by atoms with Gasteiger partial charge in [0.2, 0.25) is 0 Å². The number of carboxylic acid groups (broad SMARTS) is 1. The summed E-state index contributed by atoms with van der Waals surface area (Å²) < 4.78 is 0. The molecular formula is C14H13N3O4. The van der Waals surface area contributed by atoms with Crippen LogP contribution >= 0.6 is 0 Å². The second-order valence-electron chi connectivity index (χ2n) is 5.15. The summed E-state index contributed by atoms with van der Waals surface area (Å²) in [5.41, 5.74) is -0.244. The van der Waals surface area contributed by atoms with Gasteiger partial charge in [-0.15, -0.1) is 0 Å². The topological polar surface area (TPSA) is 105 Å². The van der Waals surface area contributed by atoms with Gasteiger partial charge in [-0.2, -0.15) is 0 Å². The van der Waals surface area contributed by atoms with Crippen molar-refractivity contribution >= 4 is 28.2 Å². The van der Waals surface area contributed by atoms with Gasteiger partial charge in [0.1, 0.15) is 11.1 Å². The van der Waals surface area contributed by atoms with Gasteiger partial charge in [0.05, 0.1) is 4.92 Å². The predicted octanol–water partition coefficient (Wildman–Crippen LogP) is 2.56. The van der Waals surface area contributed by atoms with Gasteiger partial charge in [-0.05, 0) is 25.3 Å². The summed E-state index contributed by atoms with van der Waals surface area (Å²) in [6.07, 6.45) is 3.39. The number of anilines is 1. The van der Waals surface area contributed by atoms with Crippen molar-refractivity contribution in [2.24, 2.45) is 0 Å². The quantitative estimate of drug-likeness (QED) is 0.661. The minimum absolute atomic E-state index is 0.0888. The molecule has 0 bridgehead atoms. The number of carboxylic acids is 1. The van der Waals surface area contributed by atoms with Crippen molar-refractivity contribution in [2.45, 2.75) is 24.8 Å². The SMILES string of the molecule is O=C(O)C1(Nc2ccnc3c([N+](=O)[O-])cccc23)CCC1. The van der Waals surface area contributed by atoms with Gasteiger partial charge < -0.3 is 10.4 Å². The number of pyridine rings is 1. The maximum Gasteiger partial charge on any atom is 0.329 e. The number of hydrogen-bond acceptors (Lipinski definition) is 5. The second kappa shape index (κ2) is 4.69. The van der Waals surface area contributed by atoms with Crippen LogP contribution in [0.4, 0.5) is 11.4 Å². The minimum atomic E-state index is -0.973. The summed E-state index contributed by atoms with van der Waals surface area (Å²) in [4.78, 5) is 26.0. The van der Waals surface area contributed by atoms with Crippen LogP contribution in [0.1, 0.15) is 19.3 Å². The Balaban J connectivity index is 2.10. The molecule has 21 heavy (non-hydrogen) atoms. The molecule has 0 amide bonds. The van der Waals surface area contributed by atoms with Crippen molar-refractivity contribution in [2.75, 3.05) is 5.32 Å². The Bertz CT molecular complexity index is 740. The van der Waals surface area contributed by atoms with Crippen molar-refractivity contribution in [3.63, 3.8) is 0 Å². The Kier molecular flexibility index (Phi) is 2.97. The highest BCUT2D eigenvalue weighted by molar-refractivity contribution is 5.98. The molecule has 0 unspecified atom stereocenters.